The molecule has 1 fully saturated rings. The number of thiazole rings is 1. The van der Waals surface area contributed by atoms with Gasteiger partial charge in [-0.05, 0) is 13.8 Å². The lowest BCUT2D eigenvalue weighted by Crippen LogP contribution is -2.36. The fourth-order valence-corrected chi connectivity index (χ4v) is 3.71. The maximum Gasteiger partial charge on any atom is 0.186 e. The molecule has 19 heavy (non-hydrogen) atoms. The third kappa shape index (κ3) is 2.40. The fourth-order valence-electron chi connectivity index (χ4n) is 2.50. The number of carbonyl (C=O) groups is 1. The quantitative estimate of drug-likeness (QED) is 0.843. The van der Waals surface area contributed by atoms with Crippen molar-refractivity contribution in [1.29, 1.82) is 0 Å². The molecule has 0 amide bonds. The SMILES string of the molecule is CC1(C)NCCC(=O)c2nc(N3CCOCC3)sc21. The average Bonchev–Trinajstić information content (AvgIpc) is 2.81. The highest BCUT2D eigenvalue weighted by molar-refractivity contribution is 7.16. The molecule has 3 rings (SSSR count). The van der Waals surface area contributed by atoms with E-state index in [2.05, 4.69) is 29.0 Å². The summed E-state index contributed by atoms with van der Waals surface area (Å²) in [5.74, 6) is 0.156. The van der Waals surface area contributed by atoms with E-state index in [-0.39, 0.29) is 11.3 Å². The first-order valence-corrected chi connectivity index (χ1v) is 7.52. The van der Waals surface area contributed by atoms with Crippen LogP contribution in [0.3, 0.4) is 0 Å². The van der Waals surface area contributed by atoms with Gasteiger partial charge in [-0.1, -0.05) is 11.3 Å². The zero-order valence-electron chi connectivity index (χ0n) is 11.4. The van der Waals surface area contributed by atoms with Crippen molar-refractivity contribution in [2.45, 2.75) is 25.8 Å². The summed E-state index contributed by atoms with van der Waals surface area (Å²) in [4.78, 5) is 20.0. The molecule has 0 aliphatic carbocycles. The van der Waals surface area contributed by atoms with Crippen molar-refractivity contribution < 1.29 is 9.53 Å². The van der Waals surface area contributed by atoms with Gasteiger partial charge in [0, 0.05) is 31.6 Å². The van der Waals surface area contributed by atoms with Gasteiger partial charge in [0.05, 0.1) is 18.1 Å². The first-order chi connectivity index (χ1) is 9.08. The number of hydrogen-bond acceptors (Lipinski definition) is 6. The van der Waals surface area contributed by atoms with E-state index in [1.165, 1.54) is 0 Å². The van der Waals surface area contributed by atoms with Gasteiger partial charge in [-0.25, -0.2) is 4.98 Å². The molecule has 6 heteroatoms. The molecule has 0 atom stereocenters. The molecule has 1 aromatic heterocycles. The van der Waals surface area contributed by atoms with E-state index in [1.54, 1.807) is 11.3 Å². The number of fused-ring (bicyclic) bond motifs is 1. The average molecular weight is 281 g/mol. The molecule has 1 N–H and O–H groups in total. The number of anilines is 1. The van der Waals surface area contributed by atoms with E-state index >= 15 is 0 Å². The maximum absolute atomic E-state index is 12.2. The predicted octanol–water partition coefficient (Wildman–Crippen LogP) is 1.39. The van der Waals surface area contributed by atoms with Gasteiger partial charge in [0.2, 0.25) is 0 Å². The molecule has 104 valence electrons. The minimum absolute atomic E-state index is 0.156. The smallest absolute Gasteiger partial charge is 0.186 e. The van der Waals surface area contributed by atoms with Crippen LogP contribution < -0.4 is 10.2 Å². The van der Waals surface area contributed by atoms with Gasteiger partial charge in [0.1, 0.15) is 5.69 Å². The molecule has 0 unspecified atom stereocenters. The largest absolute Gasteiger partial charge is 0.378 e. The number of ether oxygens (including phenoxy) is 1. The Labute approximate surface area is 117 Å². The van der Waals surface area contributed by atoms with E-state index < -0.39 is 0 Å². The Morgan fingerprint density at radius 2 is 2.11 bits per heavy atom. The highest BCUT2D eigenvalue weighted by Gasteiger charge is 2.33. The van der Waals surface area contributed by atoms with Crippen molar-refractivity contribution in [3.8, 4) is 0 Å². The second kappa shape index (κ2) is 4.85. The van der Waals surface area contributed by atoms with E-state index in [1.807, 2.05) is 0 Å². The predicted molar refractivity (Wildman–Crippen MR) is 75.1 cm³/mol. The first kappa shape index (κ1) is 13.0. The summed E-state index contributed by atoms with van der Waals surface area (Å²) in [6.07, 6.45) is 0.530. The van der Waals surface area contributed by atoms with Gasteiger partial charge in [-0.3, -0.25) is 4.79 Å². The Balaban J connectivity index is 1.97. The Morgan fingerprint density at radius 3 is 2.84 bits per heavy atom. The number of Topliss-reactive ketones (excluding diaryl/α,β-unsaturated/α-hetero) is 1. The fraction of sp³-hybridized carbons (Fsp3) is 0.692. The lowest BCUT2D eigenvalue weighted by atomic mass is 10.0. The van der Waals surface area contributed by atoms with E-state index in [0.717, 1.165) is 42.9 Å². The molecule has 2 aliphatic rings. The van der Waals surface area contributed by atoms with Crippen LogP contribution >= 0.6 is 11.3 Å². The number of morpholine rings is 1. The second-order valence-electron chi connectivity index (χ2n) is 5.50. The zero-order chi connectivity index (χ0) is 13.5. The number of carbonyl (C=O) groups excluding carboxylic acids is 1. The molecule has 0 radical (unpaired) electrons. The van der Waals surface area contributed by atoms with Gasteiger partial charge in [-0.15, -0.1) is 0 Å². The Morgan fingerprint density at radius 1 is 1.37 bits per heavy atom. The molecule has 1 aromatic rings. The molecule has 2 aliphatic heterocycles. The lowest BCUT2D eigenvalue weighted by Gasteiger charge is -2.26. The maximum atomic E-state index is 12.2. The van der Waals surface area contributed by atoms with Crippen LogP contribution in [0.25, 0.3) is 0 Å². The number of rotatable bonds is 1. The van der Waals surface area contributed by atoms with E-state index in [9.17, 15) is 4.79 Å². The molecule has 0 saturated carbocycles. The van der Waals surface area contributed by atoms with Crippen molar-refractivity contribution in [2.75, 3.05) is 37.7 Å². The number of nitrogens with one attached hydrogen (secondary N) is 1. The van der Waals surface area contributed by atoms with Crippen LogP contribution in [-0.4, -0.2) is 43.6 Å². The molecular formula is C13H19N3O2S. The summed E-state index contributed by atoms with van der Waals surface area (Å²) in [6.45, 7) is 8.14. The third-order valence-electron chi connectivity index (χ3n) is 3.65. The normalized spacial score (nSPS) is 23.1. The van der Waals surface area contributed by atoms with Crippen molar-refractivity contribution >= 4 is 22.3 Å². The van der Waals surface area contributed by atoms with Crippen LogP contribution in [-0.2, 0) is 10.3 Å². The summed E-state index contributed by atoms with van der Waals surface area (Å²) in [6, 6.07) is 0. The van der Waals surface area contributed by atoms with E-state index in [4.69, 9.17) is 4.74 Å². The molecule has 0 aromatic carbocycles. The minimum Gasteiger partial charge on any atom is -0.378 e. The number of hydrogen-bond donors (Lipinski definition) is 1. The molecule has 0 spiro atoms. The van der Waals surface area contributed by atoms with Crippen molar-refractivity contribution in [3.63, 3.8) is 0 Å². The first-order valence-electron chi connectivity index (χ1n) is 6.70. The topological polar surface area (TPSA) is 54.5 Å². The summed E-state index contributed by atoms with van der Waals surface area (Å²) in [5.41, 5.74) is 0.491. The Bertz CT molecular complexity index is 492. The van der Waals surface area contributed by atoms with Gasteiger partial charge in [-0.2, -0.15) is 0 Å². The van der Waals surface area contributed by atoms with Gasteiger partial charge in [0.15, 0.2) is 10.9 Å². The van der Waals surface area contributed by atoms with Crippen molar-refractivity contribution in [1.82, 2.24) is 10.3 Å². The summed E-state index contributed by atoms with van der Waals surface area (Å²) < 4.78 is 5.36. The standard InChI is InChI=1S/C13H19N3O2S/c1-13(2)11-10(9(17)3-4-14-13)15-12(19-11)16-5-7-18-8-6-16/h14H,3-8H2,1-2H3. The monoisotopic (exact) mass is 281 g/mol. The molecule has 0 bridgehead atoms. The van der Waals surface area contributed by atoms with Crippen LogP contribution in [0.1, 0.15) is 35.6 Å². The summed E-state index contributed by atoms with van der Waals surface area (Å²) in [5, 5.41) is 4.39. The van der Waals surface area contributed by atoms with Gasteiger partial charge in [0.25, 0.3) is 0 Å². The van der Waals surface area contributed by atoms with Crippen LogP contribution in [0.2, 0.25) is 0 Å². The highest BCUT2D eigenvalue weighted by Crippen LogP contribution is 2.36. The summed E-state index contributed by atoms with van der Waals surface area (Å²) >= 11 is 1.64. The van der Waals surface area contributed by atoms with Crippen LogP contribution in [0.4, 0.5) is 5.13 Å². The van der Waals surface area contributed by atoms with Gasteiger partial charge >= 0.3 is 0 Å². The number of aromatic nitrogens is 1. The number of nitrogens with zero attached hydrogens (tertiary/aromatic N) is 2. The van der Waals surface area contributed by atoms with Crippen molar-refractivity contribution in [3.05, 3.63) is 10.6 Å². The van der Waals surface area contributed by atoms with Crippen LogP contribution in [0.15, 0.2) is 0 Å². The summed E-state index contributed by atoms with van der Waals surface area (Å²) in [7, 11) is 0. The molecule has 3 heterocycles. The van der Waals surface area contributed by atoms with Crippen LogP contribution in [0.5, 0.6) is 0 Å². The molecule has 1 saturated heterocycles. The Kier molecular flexibility index (Phi) is 3.32. The Hall–Kier alpha value is -0.980. The zero-order valence-corrected chi connectivity index (χ0v) is 12.2. The van der Waals surface area contributed by atoms with Gasteiger partial charge < -0.3 is 15.0 Å². The van der Waals surface area contributed by atoms with E-state index in [0.29, 0.717) is 12.1 Å². The minimum atomic E-state index is -0.177. The van der Waals surface area contributed by atoms with Crippen LogP contribution in [0, 0.1) is 0 Å². The highest BCUT2D eigenvalue weighted by atomic mass is 32.1. The number of ketones is 1. The molecule has 5 nitrogen and oxygen atoms in total. The molecular weight excluding hydrogens is 262 g/mol. The second-order valence-corrected chi connectivity index (χ2v) is 6.48. The third-order valence-corrected chi connectivity index (χ3v) is 5.09. The van der Waals surface area contributed by atoms with Crippen molar-refractivity contribution in [2.24, 2.45) is 0 Å². The lowest BCUT2D eigenvalue weighted by molar-refractivity contribution is 0.0981.